The van der Waals surface area contributed by atoms with Crippen molar-refractivity contribution in [2.24, 2.45) is 5.10 Å². The molecule has 0 unspecified atom stereocenters. The lowest BCUT2D eigenvalue weighted by Gasteiger charge is -2.03. The van der Waals surface area contributed by atoms with Gasteiger partial charge in [0.15, 0.2) is 10.7 Å². The first-order valence-corrected chi connectivity index (χ1v) is 10.0. The van der Waals surface area contributed by atoms with Crippen LogP contribution < -0.4 is 5.43 Å². The number of aromatic nitrogens is 1. The highest BCUT2D eigenvalue weighted by molar-refractivity contribution is 7.12. The van der Waals surface area contributed by atoms with Gasteiger partial charge in [0.25, 0.3) is 0 Å². The van der Waals surface area contributed by atoms with Crippen molar-refractivity contribution < 1.29 is 0 Å². The van der Waals surface area contributed by atoms with Gasteiger partial charge in [0, 0.05) is 10.9 Å². The molecular formula is C24H18N4S. The van der Waals surface area contributed by atoms with E-state index >= 15 is 0 Å². The molecule has 140 valence electrons. The van der Waals surface area contributed by atoms with Gasteiger partial charge in [-0.1, -0.05) is 72.3 Å². The van der Waals surface area contributed by atoms with Crippen LogP contribution in [-0.4, -0.2) is 10.7 Å². The normalized spacial score (nSPS) is 11.1. The van der Waals surface area contributed by atoms with Crippen LogP contribution in [0.15, 0.2) is 89.3 Å². The van der Waals surface area contributed by atoms with E-state index in [1.807, 2.05) is 54.8 Å². The molecule has 0 bridgehead atoms. The third kappa shape index (κ3) is 4.40. The van der Waals surface area contributed by atoms with Gasteiger partial charge >= 0.3 is 0 Å². The fraction of sp³-hybridized carbons (Fsp3) is 0.0417. The predicted molar refractivity (Wildman–Crippen MR) is 120 cm³/mol. The molecule has 0 radical (unpaired) electrons. The molecule has 0 amide bonds. The maximum atomic E-state index is 9.49. The number of benzene rings is 3. The highest BCUT2D eigenvalue weighted by Gasteiger charge is 2.11. The first-order chi connectivity index (χ1) is 14.2. The van der Waals surface area contributed by atoms with Crippen molar-refractivity contribution >= 4 is 22.7 Å². The lowest BCUT2D eigenvalue weighted by atomic mass is 10.0. The molecule has 4 aromatic rings. The highest BCUT2D eigenvalue weighted by atomic mass is 32.1. The average Bonchev–Trinajstić information content (AvgIpc) is 3.26. The quantitative estimate of drug-likeness (QED) is 0.327. The second-order valence-electron chi connectivity index (χ2n) is 6.53. The lowest BCUT2D eigenvalue weighted by Crippen LogP contribution is -2.01. The fourth-order valence-corrected chi connectivity index (χ4v) is 3.61. The summed E-state index contributed by atoms with van der Waals surface area (Å²) in [4.78, 5) is 4.61. The fourth-order valence-electron chi connectivity index (χ4n) is 2.85. The zero-order valence-corrected chi connectivity index (χ0v) is 16.6. The Labute approximate surface area is 173 Å². The number of hydrazone groups is 1. The molecule has 1 N–H and O–H groups in total. The van der Waals surface area contributed by atoms with Crippen molar-refractivity contribution in [2.75, 3.05) is 5.43 Å². The number of thiazole rings is 1. The van der Waals surface area contributed by atoms with Crippen LogP contribution in [0.4, 0.5) is 5.69 Å². The van der Waals surface area contributed by atoms with Crippen LogP contribution in [0.1, 0.15) is 10.6 Å². The number of hydrogen-bond acceptors (Lipinski definition) is 5. The molecule has 29 heavy (non-hydrogen) atoms. The van der Waals surface area contributed by atoms with Crippen LogP contribution in [0.25, 0.3) is 22.4 Å². The number of nitrogens with zero attached hydrogens (tertiary/aromatic N) is 3. The number of aryl methyl sites for hydroxylation is 1. The van der Waals surface area contributed by atoms with E-state index in [4.69, 9.17) is 0 Å². The molecule has 5 heteroatoms. The summed E-state index contributed by atoms with van der Waals surface area (Å²) < 4.78 is 0. The van der Waals surface area contributed by atoms with E-state index in [2.05, 4.69) is 58.0 Å². The smallest absolute Gasteiger partial charge is 0.196 e. The first-order valence-electron chi connectivity index (χ1n) is 9.15. The molecule has 0 aliphatic carbocycles. The topological polar surface area (TPSA) is 61.1 Å². The monoisotopic (exact) mass is 394 g/mol. The summed E-state index contributed by atoms with van der Waals surface area (Å²) in [5.74, 6) is 0. The van der Waals surface area contributed by atoms with Gasteiger partial charge < -0.3 is 0 Å². The number of rotatable bonds is 5. The molecule has 4 nitrogen and oxygen atoms in total. The maximum Gasteiger partial charge on any atom is 0.196 e. The SMILES string of the molecule is Cc1ccc(N/N=C(\C#N)c2nc(-c3ccc(-c4ccccc4)cc3)cs2)cc1. The number of anilines is 1. The Morgan fingerprint density at radius 3 is 2.24 bits per heavy atom. The van der Waals surface area contributed by atoms with Crippen LogP contribution >= 0.6 is 11.3 Å². The Hall–Kier alpha value is -3.75. The molecule has 0 atom stereocenters. The minimum atomic E-state index is 0.266. The van der Waals surface area contributed by atoms with Crippen molar-refractivity contribution in [1.29, 1.82) is 5.26 Å². The Bertz CT molecular complexity index is 1170. The van der Waals surface area contributed by atoms with Gasteiger partial charge in [0.05, 0.1) is 11.4 Å². The summed E-state index contributed by atoms with van der Waals surface area (Å²) in [5, 5.41) is 16.3. The zero-order chi connectivity index (χ0) is 20.1. The number of nitrogens with one attached hydrogen (secondary N) is 1. The van der Waals surface area contributed by atoms with Gasteiger partial charge in [-0.15, -0.1) is 11.3 Å². The summed E-state index contributed by atoms with van der Waals surface area (Å²) in [6.07, 6.45) is 0. The number of hydrogen-bond donors (Lipinski definition) is 1. The maximum absolute atomic E-state index is 9.49. The lowest BCUT2D eigenvalue weighted by molar-refractivity contribution is 1.30. The largest absolute Gasteiger partial charge is 0.277 e. The summed E-state index contributed by atoms with van der Waals surface area (Å²) >= 11 is 1.41. The van der Waals surface area contributed by atoms with Crippen molar-refractivity contribution in [3.05, 3.63) is 94.8 Å². The van der Waals surface area contributed by atoms with E-state index in [0.29, 0.717) is 5.01 Å². The molecule has 1 aromatic heterocycles. The van der Waals surface area contributed by atoms with Crippen LogP contribution in [-0.2, 0) is 0 Å². The van der Waals surface area contributed by atoms with E-state index in [9.17, 15) is 5.26 Å². The minimum Gasteiger partial charge on any atom is -0.277 e. The molecule has 0 aliphatic rings. The molecule has 3 aromatic carbocycles. The van der Waals surface area contributed by atoms with Crippen molar-refractivity contribution in [1.82, 2.24) is 4.98 Å². The van der Waals surface area contributed by atoms with Gasteiger partial charge in [0.2, 0.25) is 0 Å². The molecule has 0 spiro atoms. The summed E-state index contributed by atoms with van der Waals surface area (Å²) in [6, 6.07) is 28.5. The van der Waals surface area contributed by atoms with Crippen LogP contribution in [0.3, 0.4) is 0 Å². The standard InChI is InChI=1S/C24H18N4S/c1-17-7-13-21(14-8-17)27-28-22(15-25)24-26-23(16-29-24)20-11-9-19(10-12-20)18-5-3-2-4-6-18/h2-14,16,27H,1H3/b28-22+. The summed E-state index contributed by atoms with van der Waals surface area (Å²) in [6.45, 7) is 2.03. The molecule has 0 fully saturated rings. The van der Waals surface area contributed by atoms with Gasteiger partial charge in [-0.2, -0.15) is 10.4 Å². The summed E-state index contributed by atoms with van der Waals surface area (Å²) in [7, 11) is 0. The molecule has 0 aliphatic heterocycles. The second kappa shape index (κ2) is 8.51. The molecule has 1 heterocycles. The first kappa shape index (κ1) is 18.6. The van der Waals surface area contributed by atoms with E-state index in [-0.39, 0.29) is 5.71 Å². The Morgan fingerprint density at radius 2 is 1.55 bits per heavy atom. The Balaban J connectivity index is 1.53. The van der Waals surface area contributed by atoms with Crippen molar-refractivity contribution in [2.45, 2.75) is 6.92 Å². The van der Waals surface area contributed by atoms with E-state index in [0.717, 1.165) is 22.5 Å². The minimum absolute atomic E-state index is 0.266. The second-order valence-corrected chi connectivity index (χ2v) is 7.39. The highest BCUT2D eigenvalue weighted by Crippen LogP contribution is 2.26. The molecule has 0 saturated heterocycles. The number of nitriles is 1. The summed E-state index contributed by atoms with van der Waals surface area (Å²) in [5.41, 5.74) is 9.38. The van der Waals surface area contributed by atoms with Gasteiger partial charge in [-0.3, -0.25) is 5.43 Å². The average molecular weight is 395 g/mol. The van der Waals surface area contributed by atoms with E-state index in [1.54, 1.807) is 0 Å². The van der Waals surface area contributed by atoms with Gasteiger partial charge in [-0.05, 0) is 30.2 Å². The third-order valence-corrected chi connectivity index (χ3v) is 5.30. The zero-order valence-electron chi connectivity index (χ0n) is 15.8. The van der Waals surface area contributed by atoms with Crippen LogP contribution in [0.5, 0.6) is 0 Å². The molecule has 4 rings (SSSR count). The van der Waals surface area contributed by atoms with E-state index < -0.39 is 0 Å². The molecular weight excluding hydrogens is 376 g/mol. The van der Waals surface area contributed by atoms with Gasteiger partial charge in [-0.25, -0.2) is 4.98 Å². The Kier molecular flexibility index (Phi) is 5.46. The third-order valence-electron chi connectivity index (χ3n) is 4.45. The van der Waals surface area contributed by atoms with Crippen LogP contribution in [0, 0.1) is 18.3 Å². The van der Waals surface area contributed by atoms with Crippen LogP contribution in [0.2, 0.25) is 0 Å². The molecule has 0 saturated carbocycles. The van der Waals surface area contributed by atoms with Gasteiger partial charge in [0.1, 0.15) is 6.07 Å². The van der Waals surface area contributed by atoms with Crippen molar-refractivity contribution in [3.8, 4) is 28.5 Å². The predicted octanol–water partition coefficient (Wildman–Crippen LogP) is 6.13. The van der Waals surface area contributed by atoms with Crippen molar-refractivity contribution in [3.63, 3.8) is 0 Å². The Morgan fingerprint density at radius 1 is 0.897 bits per heavy atom. The van der Waals surface area contributed by atoms with E-state index in [1.165, 1.54) is 22.5 Å².